The van der Waals surface area contributed by atoms with Gasteiger partial charge in [0.1, 0.15) is 0 Å². The summed E-state index contributed by atoms with van der Waals surface area (Å²) in [4.78, 5) is 23.3. The van der Waals surface area contributed by atoms with Gasteiger partial charge in [-0.05, 0) is 38.3 Å². The van der Waals surface area contributed by atoms with Crippen LogP contribution in [-0.2, 0) is 14.3 Å². The number of aliphatic carboxylic acids is 1. The zero-order valence-electron chi connectivity index (χ0n) is 12.3. The fourth-order valence-corrected chi connectivity index (χ4v) is 2.64. The number of anilines is 1. The number of hydrogen-bond donors (Lipinski definition) is 1. The summed E-state index contributed by atoms with van der Waals surface area (Å²) < 4.78 is 5.37. The zero-order valence-corrected chi connectivity index (χ0v) is 12.3. The number of rotatable bonds is 5. The predicted molar refractivity (Wildman–Crippen MR) is 76.6 cm³/mol. The number of carbonyl (C=O) groups is 2. The van der Waals surface area contributed by atoms with Gasteiger partial charge in [0.25, 0.3) is 0 Å². The fraction of sp³-hybridized carbons (Fsp3) is 0.500. The lowest BCUT2D eigenvalue weighted by atomic mass is 9.96. The third kappa shape index (κ3) is 4.04. The van der Waals surface area contributed by atoms with Crippen molar-refractivity contribution in [2.24, 2.45) is 5.92 Å². The van der Waals surface area contributed by atoms with E-state index in [9.17, 15) is 14.7 Å². The van der Waals surface area contributed by atoms with Crippen LogP contribution in [0.2, 0.25) is 0 Å². The minimum absolute atomic E-state index is 0.125. The molecule has 21 heavy (non-hydrogen) atoms. The second-order valence-electron chi connectivity index (χ2n) is 5.55. The number of hydrogen-bond acceptors (Lipinski definition) is 4. The van der Waals surface area contributed by atoms with Crippen molar-refractivity contribution in [3.63, 3.8) is 0 Å². The molecule has 2 rings (SSSR count). The van der Waals surface area contributed by atoms with Crippen molar-refractivity contribution < 1.29 is 19.4 Å². The molecular formula is C16H20NO4-. The first-order valence-electron chi connectivity index (χ1n) is 7.17. The van der Waals surface area contributed by atoms with E-state index < -0.39 is 18.0 Å². The number of carboxylic acid groups (broad SMARTS) is 1. The van der Waals surface area contributed by atoms with E-state index in [2.05, 4.69) is 5.32 Å². The van der Waals surface area contributed by atoms with Crippen LogP contribution in [0, 0.1) is 19.8 Å². The Morgan fingerprint density at radius 3 is 2.76 bits per heavy atom. The topological polar surface area (TPSA) is 78.5 Å². The SMILES string of the molecule is Cc1ccc(NC(=O)C[C@H](C(=O)[O-])[C@H]2CCCO2)c(C)c1. The van der Waals surface area contributed by atoms with Gasteiger partial charge in [-0.3, -0.25) is 4.79 Å². The quantitative estimate of drug-likeness (QED) is 0.883. The molecule has 0 bridgehead atoms. The molecule has 1 aliphatic heterocycles. The second-order valence-corrected chi connectivity index (χ2v) is 5.55. The summed E-state index contributed by atoms with van der Waals surface area (Å²) >= 11 is 0. The summed E-state index contributed by atoms with van der Waals surface area (Å²) in [6.45, 7) is 4.42. The lowest BCUT2D eigenvalue weighted by Crippen LogP contribution is -2.40. The molecule has 1 heterocycles. The molecule has 0 spiro atoms. The number of benzene rings is 1. The van der Waals surface area contributed by atoms with Crippen LogP contribution in [0.3, 0.4) is 0 Å². The molecule has 1 aromatic rings. The predicted octanol–water partition coefficient (Wildman–Crippen LogP) is 1.18. The van der Waals surface area contributed by atoms with Gasteiger partial charge in [0.2, 0.25) is 5.91 Å². The third-order valence-corrected chi connectivity index (χ3v) is 3.78. The van der Waals surface area contributed by atoms with Crippen molar-refractivity contribution in [1.29, 1.82) is 0 Å². The number of ether oxygens (including phenoxy) is 1. The minimum atomic E-state index is -1.22. The lowest BCUT2D eigenvalue weighted by Gasteiger charge is -2.23. The second kappa shape index (κ2) is 6.72. The molecule has 1 aliphatic rings. The molecule has 0 radical (unpaired) electrons. The lowest BCUT2D eigenvalue weighted by molar-refractivity contribution is -0.314. The maximum atomic E-state index is 12.1. The van der Waals surface area contributed by atoms with Gasteiger partial charge >= 0.3 is 0 Å². The zero-order chi connectivity index (χ0) is 15.4. The summed E-state index contributed by atoms with van der Waals surface area (Å²) in [6, 6.07) is 5.69. The van der Waals surface area contributed by atoms with Crippen LogP contribution in [-0.4, -0.2) is 24.6 Å². The number of aryl methyl sites for hydroxylation is 2. The molecule has 1 N–H and O–H groups in total. The Hall–Kier alpha value is -1.88. The smallest absolute Gasteiger partial charge is 0.225 e. The Morgan fingerprint density at radius 2 is 2.19 bits per heavy atom. The van der Waals surface area contributed by atoms with E-state index in [1.54, 1.807) is 0 Å². The monoisotopic (exact) mass is 290 g/mol. The van der Waals surface area contributed by atoms with Crippen LogP contribution in [0.25, 0.3) is 0 Å². The molecule has 0 saturated carbocycles. The summed E-state index contributed by atoms with van der Waals surface area (Å²) in [5, 5.41) is 14.0. The van der Waals surface area contributed by atoms with E-state index in [1.165, 1.54) is 0 Å². The fourth-order valence-electron chi connectivity index (χ4n) is 2.64. The molecule has 1 saturated heterocycles. The molecule has 114 valence electrons. The third-order valence-electron chi connectivity index (χ3n) is 3.78. The highest BCUT2D eigenvalue weighted by Crippen LogP contribution is 2.24. The number of amides is 1. The van der Waals surface area contributed by atoms with Crippen molar-refractivity contribution in [2.75, 3.05) is 11.9 Å². The molecule has 5 nitrogen and oxygen atoms in total. The van der Waals surface area contributed by atoms with E-state index in [4.69, 9.17) is 4.74 Å². The van der Waals surface area contributed by atoms with Crippen LogP contribution >= 0.6 is 0 Å². The molecule has 1 amide bonds. The Labute approximate surface area is 124 Å². The molecular weight excluding hydrogens is 270 g/mol. The first kappa shape index (κ1) is 15.5. The Kier molecular flexibility index (Phi) is 4.96. The van der Waals surface area contributed by atoms with Gasteiger partial charge in [-0.2, -0.15) is 0 Å². The van der Waals surface area contributed by atoms with Gasteiger partial charge in [0, 0.05) is 30.6 Å². The van der Waals surface area contributed by atoms with Crippen LogP contribution in [0.5, 0.6) is 0 Å². The Bertz CT molecular complexity index is 535. The maximum Gasteiger partial charge on any atom is 0.225 e. The summed E-state index contributed by atoms with van der Waals surface area (Å²) in [6.07, 6.45) is 0.947. The highest BCUT2D eigenvalue weighted by atomic mass is 16.5. The van der Waals surface area contributed by atoms with Gasteiger partial charge in [-0.15, -0.1) is 0 Å². The van der Waals surface area contributed by atoms with Crippen LogP contribution in [0.15, 0.2) is 18.2 Å². The molecule has 1 aromatic carbocycles. The van der Waals surface area contributed by atoms with Gasteiger partial charge in [0.15, 0.2) is 0 Å². The highest BCUT2D eigenvalue weighted by Gasteiger charge is 2.29. The molecule has 1 fully saturated rings. The maximum absolute atomic E-state index is 12.1. The normalized spacial score (nSPS) is 19.2. The minimum Gasteiger partial charge on any atom is -0.550 e. The van der Waals surface area contributed by atoms with Crippen LogP contribution in [0.1, 0.15) is 30.4 Å². The van der Waals surface area contributed by atoms with E-state index >= 15 is 0 Å². The molecule has 2 atom stereocenters. The standard InChI is InChI=1S/C16H21NO4/c1-10-5-6-13(11(2)8-10)17-15(18)9-12(16(19)20)14-4-3-7-21-14/h5-6,8,12,14H,3-4,7,9H2,1-2H3,(H,17,18)(H,19,20)/p-1/t12-,14+/m0/s1. The van der Waals surface area contributed by atoms with Crippen molar-refractivity contribution >= 4 is 17.6 Å². The van der Waals surface area contributed by atoms with Crippen LogP contribution in [0.4, 0.5) is 5.69 Å². The number of carbonyl (C=O) groups excluding carboxylic acids is 2. The molecule has 0 unspecified atom stereocenters. The van der Waals surface area contributed by atoms with E-state index in [0.717, 1.165) is 17.5 Å². The summed E-state index contributed by atoms with van der Waals surface area (Å²) in [7, 11) is 0. The van der Waals surface area contributed by atoms with Crippen molar-refractivity contribution in [3.05, 3.63) is 29.3 Å². The van der Waals surface area contributed by atoms with E-state index in [0.29, 0.717) is 18.7 Å². The van der Waals surface area contributed by atoms with Crippen molar-refractivity contribution in [1.82, 2.24) is 0 Å². The average Bonchev–Trinajstić information content (AvgIpc) is 2.92. The van der Waals surface area contributed by atoms with Gasteiger partial charge < -0.3 is 20.0 Å². The summed E-state index contributed by atoms with van der Waals surface area (Å²) in [5.74, 6) is -2.44. The van der Waals surface area contributed by atoms with Crippen LogP contribution < -0.4 is 10.4 Å². The molecule has 0 aliphatic carbocycles. The van der Waals surface area contributed by atoms with Crippen molar-refractivity contribution in [2.45, 2.75) is 39.2 Å². The largest absolute Gasteiger partial charge is 0.550 e. The Morgan fingerprint density at radius 1 is 1.43 bits per heavy atom. The average molecular weight is 290 g/mol. The molecule has 0 aromatic heterocycles. The van der Waals surface area contributed by atoms with Gasteiger partial charge in [-0.25, -0.2) is 0 Å². The first-order chi connectivity index (χ1) is 9.97. The Balaban J connectivity index is 2.00. The van der Waals surface area contributed by atoms with E-state index in [-0.39, 0.29) is 12.3 Å². The first-order valence-corrected chi connectivity index (χ1v) is 7.17. The summed E-state index contributed by atoms with van der Waals surface area (Å²) in [5.41, 5.74) is 2.76. The van der Waals surface area contributed by atoms with Gasteiger partial charge in [-0.1, -0.05) is 17.7 Å². The van der Waals surface area contributed by atoms with E-state index in [1.807, 2.05) is 32.0 Å². The molecule has 5 heteroatoms. The highest BCUT2D eigenvalue weighted by molar-refractivity contribution is 5.93. The van der Waals surface area contributed by atoms with Crippen molar-refractivity contribution in [3.8, 4) is 0 Å². The number of carboxylic acids is 1. The van der Waals surface area contributed by atoms with Gasteiger partial charge in [0.05, 0.1) is 6.10 Å². The number of nitrogens with one attached hydrogen (secondary N) is 1.